The molecule has 0 saturated heterocycles. The third kappa shape index (κ3) is 3.97. The molecule has 0 aliphatic carbocycles. The fourth-order valence-electron chi connectivity index (χ4n) is 2.40. The van der Waals surface area contributed by atoms with E-state index in [1.807, 2.05) is 0 Å². The molecular formula is C15H25N. The summed E-state index contributed by atoms with van der Waals surface area (Å²) in [6.45, 7) is 11.3. The van der Waals surface area contributed by atoms with Gasteiger partial charge in [-0.25, -0.2) is 0 Å². The highest BCUT2D eigenvalue weighted by atomic mass is 14.9. The van der Waals surface area contributed by atoms with Gasteiger partial charge in [0.2, 0.25) is 0 Å². The van der Waals surface area contributed by atoms with Crippen LogP contribution in [0.3, 0.4) is 0 Å². The van der Waals surface area contributed by atoms with Gasteiger partial charge < -0.3 is 5.32 Å². The molecule has 0 radical (unpaired) electrons. The Hall–Kier alpha value is -0.820. The van der Waals surface area contributed by atoms with Gasteiger partial charge in [-0.1, -0.05) is 58.0 Å². The van der Waals surface area contributed by atoms with Crippen LogP contribution in [-0.2, 0) is 5.41 Å². The number of benzene rings is 1. The zero-order valence-corrected chi connectivity index (χ0v) is 11.2. The first-order chi connectivity index (χ1) is 7.42. The molecule has 1 rings (SSSR count). The van der Waals surface area contributed by atoms with Gasteiger partial charge in [0.25, 0.3) is 0 Å². The summed E-state index contributed by atoms with van der Waals surface area (Å²) in [5, 5.41) is 3.57. The molecule has 90 valence electrons. The predicted molar refractivity (Wildman–Crippen MR) is 71.8 cm³/mol. The lowest BCUT2D eigenvalue weighted by Crippen LogP contribution is -2.37. The van der Waals surface area contributed by atoms with Gasteiger partial charge in [-0.3, -0.25) is 0 Å². The summed E-state index contributed by atoms with van der Waals surface area (Å²) in [7, 11) is 0. The Bertz CT molecular complexity index is 300. The Morgan fingerprint density at radius 3 is 2.12 bits per heavy atom. The van der Waals surface area contributed by atoms with E-state index in [1.165, 1.54) is 5.56 Å². The van der Waals surface area contributed by atoms with Crippen molar-refractivity contribution in [3.05, 3.63) is 35.9 Å². The molecule has 0 aliphatic rings. The highest BCUT2D eigenvalue weighted by molar-refractivity contribution is 5.23. The van der Waals surface area contributed by atoms with Crippen LogP contribution in [0.25, 0.3) is 0 Å². The van der Waals surface area contributed by atoms with Gasteiger partial charge in [-0.15, -0.1) is 0 Å². The number of hydrogen-bond donors (Lipinski definition) is 1. The second kappa shape index (κ2) is 5.49. The molecule has 0 aliphatic heterocycles. The summed E-state index contributed by atoms with van der Waals surface area (Å²) < 4.78 is 0. The van der Waals surface area contributed by atoms with Gasteiger partial charge in [0.1, 0.15) is 0 Å². The van der Waals surface area contributed by atoms with Crippen LogP contribution in [0.5, 0.6) is 0 Å². The standard InChI is InChI=1S/C15H25N/c1-12(2)16-13(3)11-15(4,5)14-9-7-6-8-10-14/h6-10,12-13,16H,11H2,1-5H3. The Kier molecular flexibility index (Phi) is 4.55. The largest absolute Gasteiger partial charge is 0.312 e. The van der Waals surface area contributed by atoms with Gasteiger partial charge in [-0.05, 0) is 24.3 Å². The van der Waals surface area contributed by atoms with Crippen molar-refractivity contribution in [1.82, 2.24) is 5.32 Å². The number of rotatable bonds is 5. The molecule has 0 fully saturated rings. The van der Waals surface area contributed by atoms with Crippen molar-refractivity contribution in [2.75, 3.05) is 0 Å². The van der Waals surface area contributed by atoms with E-state index in [-0.39, 0.29) is 5.41 Å². The summed E-state index contributed by atoms with van der Waals surface area (Å²) in [6.07, 6.45) is 1.16. The van der Waals surface area contributed by atoms with Crippen molar-refractivity contribution in [3.63, 3.8) is 0 Å². The maximum atomic E-state index is 3.57. The first-order valence-corrected chi connectivity index (χ1v) is 6.23. The summed E-state index contributed by atoms with van der Waals surface area (Å²) in [5.74, 6) is 0. The monoisotopic (exact) mass is 219 g/mol. The minimum Gasteiger partial charge on any atom is -0.312 e. The van der Waals surface area contributed by atoms with Crippen molar-refractivity contribution < 1.29 is 0 Å². The third-order valence-corrected chi connectivity index (χ3v) is 2.99. The van der Waals surface area contributed by atoms with Gasteiger partial charge >= 0.3 is 0 Å². The molecule has 0 bridgehead atoms. The van der Waals surface area contributed by atoms with E-state index >= 15 is 0 Å². The van der Waals surface area contributed by atoms with E-state index in [2.05, 4.69) is 70.3 Å². The number of nitrogens with one attached hydrogen (secondary N) is 1. The van der Waals surface area contributed by atoms with Crippen molar-refractivity contribution >= 4 is 0 Å². The zero-order valence-electron chi connectivity index (χ0n) is 11.2. The lowest BCUT2D eigenvalue weighted by molar-refractivity contribution is 0.370. The van der Waals surface area contributed by atoms with Crippen LogP contribution < -0.4 is 5.32 Å². The Labute approximate surface area is 100 Å². The minimum absolute atomic E-state index is 0.239. The van der Waals surface area contributed by atoms with Crippen molar-refractivity contribution in [2.24, 2.45) is 0 Å². The molecule has 1 atom stereocenters. The van der Waals surface area contributed by atoms with Crippen LogP contribution in [0.4, 0.5) is 0 Å². The average Bonchev–Trinajstić information content (AvgIpc) is 2.16. The van der Waals surface area contributed by atoms with Crippen LogP contribution in [0.15, 0.2) is 30.3 Å². The maximum absolute atomic E-state index is 3.57. The van der Waals surface area contributed by atoms with Crippen LogP contribution in [0.1, 0.15) is 46.6 Å². The van der Waals surface area contributed by atoms with Crippen LogP contribution >= 0.6 is 0 Å². The topological polar surface area (TPSA) is 12.0 Å². The quantitative estimate of drug-likeness (QED) is 0.795. The summed E-state index contributed by atoms with van der Waals surface area (Å²) in [6, 6.07) is 11.9. The fourth-order valence-corrected chi connectivity index (χ4v) is 2.40. The second-order valence-electron chi connectivity index (χ2n) is 5.68. The van der Waals surface area contributed by atoms with Crippen LogP contribution in [0.2, 0.25) is 0 Å². The van der Waals surface area contributed by atoms with E-state index in [1.54, 1.807) is 0 Å². The molecule has 1 unspecified atom stereocenters. The predicted octanol–water partition coefficient (Wildman–Crippen LogP) is 3.74. The Morgan fingerprint density at radius 1 is 1.06 bits per heavy atom. The minimum atomic E-state index is 0.239. The van der Waals surface area contributed by atoms with Gasteiger partial charge in [0.05, 0.1) is 0 Å². The zero-order chi connectivity index (χ0) is 12.2. The first-order valence-electron chi connectivity index (χ1n) is 6.23. The van der Waals surface area contributed by atoms with Gasteiger partial charge in [0.15, 0.2) is 0 Å². The van der Waals surface area contributed by atoms with Crippen LogP contribution in [0, 0.1) is 0 Å². The second-order valence-corrected chi connectivity index (χ2v) is 5.68. The molecule has 0 saturated carbocycles. The van der Waals surface area contributed by atoms with Gasteiger partial charge in [-0.2, -0.15) is 0 Å². The van der Waals surface area contributed by atoms with Gasteiger partial charge in [0, 0.05) is 12.1 Å². The molecular weight excluding hydrogens is 194 g/mol. The molecule has 0 amide bonds. The van der Waals surface area contributed by atoms with Crippen molar-refractivity contribution in [2.45, 2.75) is 58.5 Å². The molecule has 1 aromatic carbocycles. The van der Waals surface area contributed by atoms with E-state index in [0.29, 0.717) is 12.1 Å². The SMILES string of the molecule is CC(C)NC(C)CC(C)(C)c1ccccc1. The third-order valence-electron chi connectivity index (χ3n) is 2.99. The van der Waals surface area contributed by atoms with Crippen LogP contribution in [-0.4, -0.2) is 12.1 Å². The molecule has 1 nitrogen and oxygen atoms in total. The van der Waals surface area contributed by atoms with E-state index in [9.17, 15) is 0 Å². The molecule has 1 aromatic rings. The number of hydrogen-bond acceptors (Lipinski definition) is 1. The smallest absolute Gasteiger partial charge is 0.00493 e. The molecule has 1 N–H and O–H groups in total. The van der Waals surface area contributed by atoms with Crippen molar-refractivity contribution in [3.8, 4) is 0 Å². The Balaban J connectivity index is 2.65. The maximum Gasteiger partial charge on any atom is 0.00493 e. The highest BCUT2D eigenvalue weighted by Crippen LogP contribution is 2.28. The summed E-state index contributed by atoms with van der Waals surface area (Å²) >= 11 is 0. The first kappa shape index (κ1) is 13.2. The Morgan fingerprint density at radius 2 is 1.62 bits per heavy atom. The molecule has 0 aromatic heterocycles. The lowest BCUT2D eigenvalue weighted by Gasteiger charge is -2.30. The average molecular weight is 219 g/mol. The molecule has 16 heavy (non-hydrogen) atoms. The highest BCUT2D eigenvalue weighted by Gasteiger charge is 2.23. The molecule has 0 spiro atoms. The molecule has 0 heterocycles. The summed E-state index contributed by atoms with van der Waals surface area (Å²) in [5.41, 5.74) is 1.66. The van der Waals surface area contributed by atoms with E-state index in [0.717, 1.165) is 6.42 Å². The van der Waals surface area contributed by atoms with Crippen molar-refractivity contribution in [1.29, 1.82) is 0 Å². The molecule has 1 heteroatoms. The normalized spacial score (nSPS) is 14.1. The van der Waals surface area contributed by atoms with E-state index in [4.69, 9.17) is 0 Å². The van der Waals surface area contributed by atoms with E-state index < -0.39 is 0 Å². The lowest BCUT2D eigenvalue weighted by atomic mass is 9.79. The summed E-state index contributed by atoms with van der Waals surface area (Å²) in [4.78, 5) is 0. The fraction of sp³-hybridized carbons (Fsp3) is 0.600.